The van der Waals surface area contributed by atoms with E-state index in [0.29, 0.717) is 10.2 Å². The van der Waals surface area contributed by atoms with E-state index in [1.165, 1.54) is 11.8 Å². The molecule has 0 radical (unpaired) electrons. The minimum atomic E-state index is 0.00935. The van der Waals surface area contributed by atoms with E-state index in [1.807, 2.05) is 73.1 Å². The van der Waals surface area contributed by atoms with Crippen molar-refractivity contribution < 1.29 is 4.79 Å². The Bertz CT molecular complexity index is 884. The number of benzene rings is 2. The third kappa shape index (κ3) is 4.26. The zero-order chi connectivity index (χ0) is 18.5. The number of carbonyl (C=O) groups excluding carboxylic acids is 1. The Morgan fingerprint density at radius 1 is 1.23 bits per heavy atom. The summed E-state index contributed by atoms with van der Waals surface area (Å²) >= 11 is 7.41. The molecule has 0 aliphatic carbocycles. The standard InChI is InChI=1S/C19H19ClN4OS/c1-14(15-7-4-3-5-8-15)23(2)18(25)12-26-19-22-21-13-24(19)17-10-6-9-16(20)11-17/h3-11,13-14H,12H2,1-2H3. The molecule has 0 aliphatic rings. The van der Waals surface area contributed by atoms with Crippen LogP contribution in [-0.4, -0.2) is 38.4 Å². The van der Waals surface area contributed by atoms with Crippen LogP contribution >= 0.6 is 23.4 Å². The van der Waals surface area contributed by atoms with Crippen molar-refractivity contribution in [3.63, 3.8) is 0 Å². The number of hydrogen-bond donors (Lipinski definition) is 0. The van der Waals surface area contributed by atoms with E-state index in [9.17, 15) is 4.79 Å². The number of halogens is 1. The van der Waals surface area contributed by atoms with Gasteiger partial charge in [0.2, 0.25) is 5.91 Å². The number of thioether (sulfide) groups is 1. The summed E-state index contributed by atoms with van der Waals surface area (Å²) in [6, 6.07) is 17.4. The molecule has 1 amide bonds. The van der Waals surface area contributed by atoms with Gasteiger partial charge in [-0.3, -0.25) is 9.36 Å². The van der Waals surface area contributed by atoms with Crippen molar-refractivity contribution in [2.45, 2.75) is 18.1 Å². The monoisotopic (exact) mass is 386 g/mol. The second-order valence-electron chi connectivity index (χ2n) is 5.84. The van der Waals surface area contributed by atoms with Crippen LogP contribution in [-0.2, 0) is 4.79 Å². The lowest BCUT2D eigenvalue weighted by Gasteiger charge is -2.25. The average Bonchev–Trinajstić information content (AvgIpc) is 3.14. The van der Waals surface area contributed by atoms with E-state index < -0.39 is 0 Å². The Morgan fingerprint density at radius 2 is 2.00 bits per heavy atom. The van der Waals surface area contributed by atoms with Gasteiger partial charge in [-0.1, -0.05) is 59.8 Å². The molecule has 3 rings (SSSR count). The van der Waals surface area contributed by atoms with E-state index in [2.05, 4.69) is 10.2 Å². The highest BCUT2D eigenvalue weighted by Crippen LogP contribution is 2.24. The summed E-state index contributed by atoms with van der Waals surface area (Å²) in [4.78, 5) is 14.3. The lowest BCUT2D eigenvalue weighted by molar-refractivity contribution is -0.128. The van der Waals surface area contributed by atoms with Gasteiger partial charge in [0.05, 0.1) is 17.5 Å². The quantitative estimate of drug-likeness (QED) is 0.595. The molecule has 5 nitrogen and oxygen atoms in total. The third-order valence-electron chi connectivity index (χ3n) is 4.18. The van der Waals surface area contributed by atoms with Crippen LogP contribution in [0.4, 0.5) is 0 Å². The van der Waals surface area contributed by atoms with Gasteiger partial charge in [0.25, 0.3) is 0 Å². The normalized spacial score (nSPS) is 12.0. The number of amides is 1. The topological polar surface area (TPSA) is 51.0 Å². The third-order valence-corrected chi connectivity index (χ3v) is 5.35. The molecule has 1 heterocycles. The van der Waals surface area contributed by atoms with Crippen LogP contribution in [0.15, 0.2) is 66.1 Å². The molecule has 26 heavy (non-hydrogen) atoms. The molecule has 1 aromatic heterocycles. The molecular formula is C19H19ClN4OS. The van der Waals surface area contributed by atoms with E-state index in [-0.39, 0.29) is 17.7 Å². The molecule has 0 saturated heterocycles. The van der Waals surface area contributed by atoms with Crippen molar-refractivity contribution in [1.29, 1.82) is 0 Å². The van der Waals surface area contributed by atoms with Crippen molar-refractivity contribution in [1.82, 2.24) is 19.7 Å². The second-order valence-corrected chi connectivity index (χ2v) is 7.22. The first-order valence-corrected chi connectivity index (χ1v) is 9.52. The van der Waals surface area contributed by atoms with E-state index in [1.54, 1.807) is 11.2 Å². The van der Waals surface area contributed by atoms with Gasteiger partial charge < -0.3 is 4.90 Å². The lowest BCUT2D eigenvalue weighted by Crippen LogP contribution is -2.31. The Morgan fingerprint density at radius 3 is 2.73 bits per heavy atom. The Balaban J connectivity index is 1.66. The predicted molar refractivity (Wildman–Crippen MR) is 105 cm³/mol. The molecular weight excluding hydrogens is 368 g/mol. The van der Waals surface area contributed by atoms with Crippen molar-refractivity contribution in [3.05, 3.63) is 71.5 Å². The number of rotatable bonds is 6. The summed E-state index contributed by atoms with van der Waals surface area (Å²) in [6.45, 7) is 2.02. The van der Waals surface area contributed by atoms with Crippen molar-refractivity contribution in [3.8, 4) is 5.69 Å². The van der Waals surface area contributed by atoms with Crippen molar-refractivity contribution >= 4 is 29.3 Å². The van der Waals surface area contributed by atoms with Crippen LogP contribution in [0.5, 0.6) is 0 Å². The molecule has 0 spiro atoms. The van der Waals surface area contributed by atoms with Crippen molar-refractivity contribution in [2.75, 3.05) is 12.8 Å². The number of nitrogens with zero attached hydrogens (tertiary/aromatic N) is 4. The van der Waals surface area contributed by atoms with Gasteiger partial charge in [-0.15, -0.1) is 10.2 Å². The molecule has 1 atom stereocenters. The van der Waals surface area contributed by atoms with Gasteiger partial charge >= 0.3 is 0 Å². The highest BCUT2D eigenvalue weighted by molar-refractivity contribution is 7.99. The molecule has 0 bridgehead atoms. The summed E-state index contributed by atoms with van der Waals surface area (Å²) in [6.07, 6.45) is 1.62. The zero-order valence-electron chi connectivity index (χ0n) is 14.5. The molecule has 134 valence electrons. The van der Waals surface area contributed by atoms with Crippen LogP contribution in [0.25, 0.3) is 5.69 Å². The van der Waals surface area contributed by atoms with Gasteiger partial charge in [0.1, 0.15) is 6.33 Å². The molecule has 0 aliphatic heterocycles. The van der Waals surface area contributed by atoms with Gasteiger partial charge in [0, 0.05) is 12.1 Å². The lowest BCUT2D eigenvalue weighted by atomic mass is 10.1. The Labute approximate surface area is 162 Å². The van der Waals surface area contributed by atoms with E-state index in [4.69, 9.17) is 11.6 Å². The summed E-state index contributed by atoms with van der Waals surface area (Å²) < 4.78 is 1.82. The number of carbonyl (C=O) groups is 1. The van der Waals surface area contributed by atoms with Gasteiger partial charge in [-0.25, -0.2) is 0 Å². The first-order chi connectivity index (χ1) is 12.6. The molecule has 0 fully saturated rings. The molecule has 3 aromatic rings. The fourth-order valence-electron chi connectivity index (χ4n) is 2.53. The van der Waals surface area contributed by atoms with Crippen LogP contribution in [0.3, 0.4) is 0 Å². The first-order valence-electron chi connectivity index (χ1n) is 8.15. The fraction of sp³-hybridized carbons (Fsp3) is 0.211. The largest absolute Gasteiger partial charge is 0.338 e. The van der Waals surface area contributed by atoms with E-state index in [0.717, 1.165) is 11.3 Å². The number of hydrogen-bond acceptors (Lipinski definition) is 4. The fourth-order valence-corrected chi connectivity index (χ4v) is 3.56. The maximum atomic E-state index is 12.6. The van der Waals surface area contributed by atoms with Crippen molar-refractivity contribution in [2.24, 2.45) is 0 Å². The molecule has 0 saturated carbocycles. The molecule has 1 unspecified atom stereocenters. The summed E-state index contributed by atoms with van der Waals surface area (Å²) in [5, 5.41) is 9.37. The summed E-state index contributed by atoms with van der Waals surface area (Å²) in [7, 11) is 1.82. The predicted octanol–water partition coefficient (Wildman–Crippen LogP) is 4.23. The average molecular weight is 387 g/mol. The minimum absolute atomic E-state index is 0.00935. The molecule has 2 aromatic carbocycles. The molecule has 0 N–H and O–H groups in total. The van der Waals surface area contributed by atoms with Crippen LogP contribution in [0, 0.1) is 0 Å². The first kappa shape index (κ1) is 18.5. The smallest absolute Gasteiger partial charge is 0.233 e. The Kier molecular flexibility index (Phi) is 5.96. The van der Waals surface area contributed by atoms with Gasteiger partial charge in [0.15, 0.2) is 5.16 Å². The Hall–Kier alpha value is -2.31. The highest BCUT2D eigenvalue weighted by Gasteiger charge is 2.18. The maximum Gasteiger partial charge on any atom is 0.233 e. The van der Waals surface area contributed by atoms with Crippen LogP contribution in [0.2, 0.25) is 5.02 Å². The summed E-state index contributed by atoms with van der Waals surface area (Å²) in [5.74, 6) is 0.319. The van der Waals surface area contributed by atoms with E-state index >= 15 is 0 Å². The second kappa shape index (κ2) is 8.38. The SMILES string of the molecule is CC(c1ccccc1)N(C)C(=O)CSc1nncn1-c1cccc(Cl)c1. The minimum Gasteiger partial charge on any atom is -0.338 e. The van der Waals surface area contributed by atoms with Crippen LogP contribution < -0.4 is 0 Å². The molecule has 7 heteroatoms. The highest BCUT2D eigenvalue weighted by atomic mass is 35.5. The van der Waals surface area contributed by atoms with Crippen LogP contribution in [0.1, 0.15) is 18.5 Å². The summed E-state index contributed by atoms with van der Waals surface area (Å²) in [5.41, 5.74) is 1.97. The zero-order valence-corrected chi connectivity index (χ0v) is 16.1. The van der Waals surface area contributed by atoms with Gasteiger partial charge in [-0.2, -0.15) is 0 Å². The maximum absolute atomic E-state index is 12.6. The number of aromatic nitrogens is 3. The van der Waals surface area contributed by atoms with Gasteiger partial charge in [-0.05, 0) is 30.7 Å².